The Labute approximate surface area is 117 Å². The van der Waals surface area contributed by atoms with E-state index in [1.165, 1.54) is 6.42 Å². The summed E-state index contributed by atoms with van der Waals surface area (Å²) in [6.07, 6.45) is 3.48. The van der Waals surface area contributed by atoms with Crippen molar-refractivity contribution in [2.75, 3.05) is 6.54 Å². The Morgan fingerprint density at radius 3 is 2.37 bits per heavy atom. The van der Waals surface area contributed by atoms with Crippen molar-refractivity contribution in [3.63, 3.8) is 0 Å². The summed E-state index contributed by atoms with van der Waals surface area (Å²) in [5.41, 5.74) is 6.65. The summed E-state index contributed by atoms with van der Waals surface area (Å²) in [6.45, 7) is 14.0. The molecule has 110 valence electrons. The van der Waals surface area contributed by atoms with Gasteiger partial charge in [-0.15, -0.1) is 0 Å². The highest BCUT2D eigenvalue weighted by Crippen LogP contribution is 2.52. The van der Waals surface area contributed by atoms with Crippen LogP contribution < -0.4 is 5.73 Å². The van der Waals surface area contributed by atoms with E-state index in [1.54, 1.807) is 0 Å². The molecule has 2 fully saturated rings. The molecular weight excluding hydrogens is 236 g/mol. The van der Waals surface area contributed by atoms with Crippen LogP contribution in [-0.2, 0) is 4.79 Å². The van der Waals surface area contributed by atoms with Gasteiger partial charge in [0.05, 0.1) is 6.04 Å². The van der Waals surface area contributed by atoms with Crippen molar-refractivity contribution in [3.8, 4) is 0 Å². The molecule has 19 heavy (non-hydrogen) atoms. The van der Waals surface area contributed by atoms with Gasteiger partial charge in [-0.25, -0.2) is 0 Å². The SMILES string of the molecule is CC1(C)CC2CC(C)(CN2C(=O)[C@@H](N)C(C)(C)C)C1. The highest BCUT2D eigenvalue weighted by atomic mass is 16.2. The summed E-state index contributed by atoms with van der Waals surface area (Å²) >= 11 is 0. The average Bonchev–Trinajstić information content (AvgIpc) is 2.44. The number of likely N-dealkylation sites (tertiary alicyclic amines) is 1. The smallest absolute Gasteiger partial charge is 0.240 e. The van der Waals surface area contributed by atoms with Crippen molar-refractivity contribution < 1.29 is 4.79 Å². The summed E-state index contributed by atoms with van der Waals surface area (Å²) in [5.74, 6) is 0.152. The predicted molar refractivity (Wildman–Crippen MR) is 78.7 cm³/mol. The van der Waals surface area contributed by atoms with Crippen LogP contribution in [-0.4, -0.2) is 29.4 Å². The van der Waals surface area contributed by atoms with Gasteiger partial charge in [0.25, 0.3) is 0 Å². The molecule has 2 unspecified atom stereocenters. The van der Waals surface area contributed by atoms with Crippen LogP contribution in [0.3, 0.4) is 0 Å². The van der Waals surface area contributed by atoms with Gasteiger partial charge >= 0.3 is 0 Å². The molecule has 0 radical (unpaired) electrons. The van der Waals surface area contributed by atoms with Crippen molar-refractivity contribution in [1.29, 1.82) is 0 Å². The van der Waals surface area contributed by atoms with Crippen LogP contribution in [0.4, 0.5) is 0 Å². The van der Waals surface area contributed by atoms with Gasteiger partial charge in [-0.1, -0.05) is 41.5 Å². The number of carbonyl (C=O) groups is 1. The zero-order valence-electron chi connectivity index (χ0n) is 13.4. The topological polar surface area (TPSA) is 46.3 Å². The molecular formula is C16H30N2O. The maximum atomic E-state index is 12.7. The molecule has 0 aromatic carbocycles. The van der Waals surface area contributed by atoms with E-state index in [1.807, 2.05) is 20.8 Å². The Morgan fingerprint density at radius 1 is 1.26 bits per heavy atom. The van der Waals surface area contributed by atoms with Crippen LogP contribution in [0.2, 0.25) is 0 Å². The zero-order valence-corrected chi connectivity index (χ0v) is 13.4. The molecule has 3 heteroatoms. The maximum absolute atomic E-state index is 12.7. The van der Waals surface area contributed by atoms with Crippen molar-refractivity contribution in [3.05, 3.63) is 0 Å². The summed E-state index contributed by atoms with van der Waals surface area (Å²) < 4.78 is 0. The lowest BCUT2D eigenvalue weighted by Gasteiger charge is -2.39. The Morgan fingerprint density at radius 2 is 1.84 bits per heavy atom. The van der Waals surface area contributed by atoms with E-state index in [9.17, 15) is 4.79 Å². The quantitative estimate of drug-likeness (QED) is 0.793. The molecule has 1 heterocycles. The van der Waals surface area contributed by atoms with Gasteiger partial charge in [0.2, 0.25) is 5.91 Å². The first kappa shape index (κ1) is 14.8. The highest BCUT2D eigenvalue weighted by molar-refractivity contribution is 5.83. The number of amides is 1. The first-order valence-electron chi connectivity index (χ1n) is 7.50. The van der Waals surface area contributed by atoms with Gasteiger partial charge in [0.1, 0.15) is 0 Å². The Bertz CT molecular complexity index is 383. The van der Waals surface area contributed by atoms with E-state index in [4.69, 9.17) is 5.73 Å². The lowest BCUT2D eigenvalue weighted by Crippen LogP contribution is -2.52. The lowest BCUT2D eigenvalue weighted by atomic mass is 9.65. The molecule has 3 nitrogen and oxygen atoms in total. The van der Waals surface area contributed by atoms with Gasteiger partial charge in [-0.3, -0.25) is 4.79 Å². The minimum atomic E-state index is -0.390. The first-order valence-corrected chi connectivity index (χ1v) is 7.50. The van der Waals surface area contributed by atoms with Gasteiger partial charge in [0, 0.05) is 12.6 Å². The normalized spacial score (nSPS) is 35.3. The molecule has 0 aromatic heterocycles. The van der Waals surface area contributed by atoms with Crippen LogP contribution in [0.15, 0.2) is 0 Å². The van der Waals surface area contributed by atoms with E-state index in [-0.39, 0.29) is 11.3 Å². The molecule has 1 saturated heterocycles. The second kappa shape index (κ2) is 4.21. The fourth-order valence-electron chi connectivity index (χ4n) is 4.27. The molecule has 2 N–H and O–H groups in total. The molecule has 2 aliphatic rings. The van der Waals surface area contributed by atoms with Crippen LogP contribution in [0.5, 0.6) is 0 Å². The predicted octanol–water partition coefficient (Wildman–Crippen LogP) is 2.79. The number of rotatable bonds is 1. The van der Waals surface area contributed by atoms with Crippen molar-refractivity contribution in [2.24, 2.45) is 22.0 Å². The van der Waals surface area contributed by atoms with Crippen LogP contribution in [0, 0.1) is 16.2 Å². The monoisotopic (exact) mass is 266 g/mol. The third-order valence-corrected chi connectivity index (χ3v) is 4.90. The molecule has 0 aromatic rings. The number of nitrogens with two attached hydrogens (primary N) is 1. The Kier molecular flexibility index (Phi) is 3.29. The van der Waals surface area contributed by atoms with Crippen molar-refractivity contribution >= 4 is 5.91 Å². The number of hydrogen-bond donors (Lipinski definition) is 1. The molecule has 1 aliphatic carbocycles. The highest BCUT2D eigenvalue weighted by Gasteiger charge is 2.52. The molecule has 2 bridgehead atoms. The number of hydrogen-bond acceptors (Lipinski definition) is 2. The fourth-order valence-corrected chi connectivity index (χ4v) is 4.27. The third kappa shape index (κ3) is 2.81. The second-order valence-corrected chi connectivity index (χ2v) is 9.02. The maximum Gasteiger partial charge on any atom is 0.240 e. The minimum absolute atomic E-state index is 0.152. The molecule has 2 rings (SSSR count). The largest absolute Gasteiger partial charge is 0.338 e. The molecule has 3 atom stereocenters. The van der Waals surface area contributed by atoms with E-state index in [0.29, 0.717) is 16.9 Å². The van der Waals surface area contributed by atoms with Gasteiger partial charge in [-0.2, -0.15) is 0 Å². The summed E-state index contributed by atoms with van der Waals surface area (Å²) in [4.78, 5) is 14.8. The van der Waals surface area contributed by atoms with Gasteiger partial charge in [-0.05, 0) is 35.5 Å². The lowest BCUT2D eigenvalue weighted by molar-refractivity contribution is -0.136. The van der Waals surface area contributed by atoms with Gasteiger partial charge < -0.3 is 10.6 Å². The van der Waals surface area contributed by atoms with Gasteiger partial charge in [0.15, 0.2) is 0 Å². The zero-order chi connectivity index (χ0) is 14.6. The van der Waals surface area contributed by atoms with E-state index >= 15 is 0 Å². The molecule has 1 amide bonds. The van der Waals surface area contributed by atoms with Crippen molar-refractivity contribution in [2.45, 2.75) is 72.9 Å². The minimum Gasteiger partial charge on any atom is -0.338 e. The third-order valence-electron chi connectivity index (χ3n) is 4.90. The molecule has 0 spiro atoms. The van der Waals surface area contributed by atoms with Crippen LogP contribution in [0.1, 0.15) is 60.8 Å². The Balaban J connectivity index is 2.18. The average molecular weight is 266 g/mol. The van der Waals surface area contributed by atoms with Crippen molar-refractivity contribution in [1.82, 2.24) is 4.90 Å². The second-order valence-electron chi connectivity index (χ2n) is 9.02. The van der Waals surface area contributed by atoms with E-state index < -0.39 is 6.04 Å². The van der Waals surface area contributed by atoms with E-state index in [2.05, 4.69) is 25.7 Å². The standard InChI is InChI=1S/C16H30N2O/c1-14(2,3)12(17)13(19)18-10-16(6)8-11(18)7-15(4,5)9-16/h11-12H,7-10,17H2,1-6H3/t11?,12-,16?/m1/s1. The molecule has 1 aliphatic heterocycles. The molecule has 1 saturated carbocycles. The van der Waals surface area contributed by atoms with E-state index in [0.717, 1.165) is 19.4 Å². The summed E-state index contributed by atoms with van der Waals surface area (Å²) in [6, 6.07) is 0.00760. The number of fused-ring (bicyclic) bond motifs is 2. The number of nitrogens with zero attached hydrogens (tertiary/aromatic N) is 1. The van der Waals surface area contributed by atoms with Crippen LogP contribution in [0.25, 0.3) is 0 Å². The summed E-state index contributed by atoms with van der Waals surface area (Å²) in [5, 5.41) is 0. The Hall–Kier alpha value is -0.570. The first-order chi connectivity index (χ1) is 8.44. The summed E-state index contributed by atoms with van der Waals surface area (Å²) in [7, 11) is 0. The fraction of sp³-hybridized carbons (Fsp3) is 0.938. The van der Waals surface area contributed by atoms with Crippen LogP contribution >= 0.6 is 0 Å². The number of carbonyl (C=O) groups excluding carboxylic acids is 1.